The maximum atomic E-state index is 13.1. The zero-order valence-electron chi connectivity index (χ0n) is 16.0. The van der Waals surface area contributed by atoms with Crippen molar-refractivity contribution >= 4 is 23.4 Å². The Balaban J connectivity index is 1.46. The summed E-state index contributed by atoms with van der Waals surface area (Å²) in [5.74, 6) is -0.0236. The number of anilines is 2. The highest BCUT2D eigenvalue weighted by atomic mass is 16.6. The molecule has 1 aromatic carbocycles. The van der Waals surface area contributed by atoms with Crippen LogP contribution in [-0.2, 0) is 11.2 Å². The molecular formula is C21H24N4O3. The van der Waals surface area contributed by atoms with Crippen molar-refractivity contribution in [3.8, 4) is 0 Å². The van der Waals surface area contributed by atoms with Gasteiger partial charge in [-0.05, 0) is 31.0 Å². The average molecular weight is 380 g/mol. The highest BCUT2D eigenvalue weighted by Gasteiger charge is 2.27. The van der Waals surface area contributed by atoms with Crippen LogP contribution in [0.2, 0.25) is 0 Å². The Morgan fingerprint density at radius 1 is 1.07 bits per heavy atom. The van der Waals surface area contributed by atoms with Crippen molar-refractivity contribution in [2.75, 3.05) is 49.1 Å². The van der Waals surface area contributed by atoms with Gasteiger partial charge in [0.15, 0.2) is 0 Å². The Bertz CT molecular complexity index is 877. The van der Waals surface area contributed by atoms with Crippen LogP contribution >= 0.6 is 0 Å². The lowest BCUT2D eigenvalue weighted by molar-refractivity contribution is 0.0988. The number of nitrogens with zero attached hydrogens (tertiary/aromatic N) is 4. The molecule has 28 heavy (non-hydrogen) atoms. The maximum Gasteiger partial charge on any atom is 0.409 e. The normalized spacial score (nSPS) is 16.1. The Labute approximate surface area is 164 Å². The zero-order chi connectivity index (χ0) is 19.5. The van der Waals surface area contributed by atoms with Crippen molar-refractivity contribution < 1.29 is 14.3 Å². The first-order chi connectivity index (χ1) is 13.7. The smallest absolute Gasteiger partial charge is 0.409 e. The molecule has 1 saturated heterocycles. The molecule has 2 amide bonds. The summed E-state index contributed by atoms with van der Waals surface area (Å²) >= 11 is 0. The number of benzene rings is 1. The van der Waals surface area contributed by atoms with Gasteiger partial charge in [0.2, 0.25) is 0 Å². The van der Waals surface area contributed by atoms with Gasteiger partial charge < -0.3 is 19.4 Å². The van der Waals surface area contributed by atoms with Crippen LogP contribution in [0.1, 0.15) is 22.8 Å². The van der Waals surface area contributed by atoms with Crippen molar-refractivity contribution in [2.24, 2.45) is 0 Å². The van der Waals surface area contributed by atoms with Crippen LogP contribution < -0.4 is 9.80 Å². The standard InChI is InChI=1S/C21H24N4O3/c1-2-28-21(27)24-11-9-23(10-12-24)18-13-17(14-22-15-18)20(26)25-8-7-16-5-3-4-6-19(16)25/h3-6,13-15H,2,7-12H2,1H3. The first-order valence-corrected chi connectivity index (χ1v) is 9.69. The molecule has 7 heteroatoms. The maximum absolute atomic E-state index is 13.1. The highest BCUT2D eigenvalue weighted by molar-refractivity contribution is 6.07. The minimum absolute atomic E-state index is 0.0236. The summed E-state index contributed by atoms with van der Waals surface area (Å²) in [5.41, 5.74) is 3.68. The number of rotatable bonds is 3. The lowest BCUT2D eigenvalue weighted by Gasteiger charge is -2.35. The molecule has 0 unspecified atom stereocenters. The number of hydrogen-bond acceptors (Lipinski definition) is 5. The van der Waals surface area contributed by atoms with E-state index in [0.717, 1.165) is 17.8 Å². The fourth-order valence-electron chi connectivity index (χ4n) is 3.78. The number of carbonyl (C=O) groups excluding carboxylic acids is 2. The van der Waals surface area contributed by atoms with E-state index in [-0.39, 0.29) is 12.0 Å². The average Bonchev–Trinajstić information content (AvgIpc) is 3.18. The van der Waals surface area contributed by atoms with Crippen molar-refractivity contribution in [1.29, 1.82) is 0 Å². The Hall–Kier alpha value is -3.09. The van der Waals surface area contributed by atoms with E-state index < -0.39 is 0 Å². The molecule has 4 rings (SSSR count). The second kappa shape index (κ2) is 7.88. The van der Waals surface area contributed by atoms with E-state index in [4.69, 9.17) is 4.74 Å². The SMILES string of the molecule is CCOC(=O)N1CCN(c2cncc(C(=O)N3CCc4ccccc43)c2)CC1. The van der Waals surface area contributed by atoms with Gasteiger partial charge in [-0.15, -0.1) is 0 Å². The van der Waals surface area contributed by atoms with Gasteiger partial charge in [-0.1, -0.05) is 18.2 Å². The number of para-hydroxylation sites is 1. The number of pyridine rings is 1. The summed E-state index contributed by atoms with van der Waals surface area (Å²) in [6.45, 7) is 5.44. The van der Waals surface area contributed by atoms with Gasteiger partial charge in [0.25, 0.3) is 5.91 Å². The van der Waals surface area contributed by atoms with E-state index in [0.29, 0.717) is 44.9 Å². The van der Waals surface area contributed by atoms with E-state index in [2.05, 4.69) is 16.0 Å². The van der Waals surface area contributed by atoms with Crippen molar-refractivity contribution in [1.82, 2.24) is 9.88 Å². The summed E-state index contributed by atoms with van der Waals surface area (Å²) in [6.07, 6.45) is 4.01. The van der Waals surface area contributed by atoms with Crippen LogP contribution in [-0.4, -0.2) is 61.2 Å². The molecule has 7 nitrogen and oxygen atoms in total. The Morgan fingerprint density at radius 2 is 1.86 bits per heavy atom. The number of hydrogen-bond donors (Lipinski definition) is 0. The zero-order valence-corrected chi connectivity index (χ0v) is 16.0. The van der Waals surface area contributed by atoms with Crippen LogP contribution in [0, 0.1) is 0 Å². The minimum Gasteiger partial charge on any atom is -0.450 e. The van der Waals surface area contributed by atoms with E-state index in [1.165, 1.54) is 5.56 Å². The van der Waals surface area contributed by atoms with Gasteiger partial charge in [-0.25, -0.2) is 4.79 Å². The summed E-state index contributed by atoms with van der Waals surface area (Å²) in [7, 11) is 0. The summed E-state index contributed by atoms with van der Waals surface area (Å²) < 4.78 is 5.06. The molecule has 1 fully saturated rings. The van der Waals surface area contributed by atoms with E-state index in [1.807, 2.05) is 29.2 Å². The monoisotopic (exact) mass is 380 g/mol. The van der Waals surface area contributed by atoms with Gasteiger partial charge in [0.05, 0.1) is 24.1 Å². The van der Waals surface area contributed by atoms with Crippen LogP contribution in [0.15, 0.2) is 42.7 Å². The van der Waals surface area contributed by atoms with Gasteiger partial charge in [0, 0.05) is 44.6 Å². The Morgan fingerprint density at radius 3 is 2.64 bits per heavy atom. The second-order valence-corrected chi connectivity index (χ2v) is 6.94. The van der Waals surface area contributed by atoms with E-state index in [1.54, 1.807) is 24.2 Å². The molecule has 1 aromatic heterocycles. The molecule has 146 valence electrons. The van der Waals surface area contributed by atoms with Gasteiger partial charge in [0.1, 0.15) is 0 Å². The fraction of sp³-hybridized carbons (Fsp3) is 0.381. The molecular weight excluding hydrogens is 356 g/mol. The van der Waals surface area contributed by atoms with Gasteiger partial charge in [-0.3, -0.25) is 9.78 Å². The predicted octanol–water partition coefficient (Wildman–Crippen LogP) is 2.56. The number of piperazine rings is 1. The molecule has 0 N–H and O–H groups in total. The molecule has 2 aliphatic heterocycles. The second-order valence-electron chi connectivity index (χ2n) is 6.94. The van der Waals surface area contributed by atoms with Crippen molar-refractivity contribution in [2.45, 2.75) is 13.3 Å². The van der Waals surface area contributed by atoms with Crippen LogP contribution in [0.4, 0.5) is 16.2 Å². The van der Waals surface area contributed by atoms with Gasteiger partial charge >= 0.3 is 6.09 Å². The highest BCUT2D eigenvalue weighted by Crippen LogP contribution is 2.29. The van der Waals surface area contributed by atoms with Crippen LogP contribution in [0.5, 0.6) is 0 Å². The van der Waals surface area contributed by atoms with Crippen molar-refractivity contribution in [3.63, 3.8) is 0 Å². The number of amides is 2. The molecule has 0 bridgehead atoms. The minimum atomic E-state index is -0.267. The van der Waals surface area contributed by atoms with Gasteiger partial charge in [-0.2, -0.15) is 0 Å². The van der Waals surface area contributed by atoms with Crippen molar-refractivity contribution in [3.05, 3.63) is 53.9 Å². The van der Waals surface area contributed by atoms with Crippen LogP contribution in [0.3, 0.4) is 0 Å². The van der Waals surface area contributed by atoms with E-state index >= 15 is 0 Å². The van der Waals surface area contributed by atoms with E-state index in [9.17, 15) is 9.59 Å². The fourth-order valence-corrected chi connectivity index (χ4v) is 3.78. The molecule has 0 spiro atoms. The number of fused-ring (bicyclic) bond motifs is 1. The molecule has 2 aromatic rings. The Kier molecular flexibility index (Phi) is 5.14. The van der Waals surface area contributed by atoms with Crippen LogP contribution in [0.25, 0.3) is 0 Å². The lowest BCUT2D eigenvalue weighted by atomic mass is 10.1. The first kappa shape index (κ1) is 18.3. The topological polar surface area (TPSA) is 66.0 Å². The summed E-state index contributed by atoms with van der Waals surface area (Å²) in [4.78, 5) is 34.9. The third-order valence-electron chi connectivity index (χ3n) is 5.27. The molecule has 3 heterocycles. The lowest BCUT2D eigenvalue weighted by Crippen LogP contribution is -2.49. The molecule has 2 aliphatic rings. The summed E-state index contributed by atoms with van der Waals surface area (Å²) in [5, 5.41) is 0. The number of carbonyl (C=O) groups is 2. The summed E-state index contributed by atoms with van der Waals surface area (Å²) in [6, 6.07) is 9.93. The third-order valence-corrected chi connectivity index (χ3v) is 5.27. The number of ether oxygens (including phenoxy) is 1. The third kappa shape index (κ3) is 3.52. The first-order valence-electron chi connectivity index (χ1n) is 9.69. The molecule has 0 saturated carbocycles. The largest absolute Gasteiger partial charge is 0.450 e. The molecule has 0 radical (unpaired) electrons. The molecule has 0 atom stereocenters. The molecule has 0 aliphatic carbocycles. The number of aromatic nitrogens is 1. The quantitative estimate of drug-likeness (QED) is 0.819. The predicted molar refractivity (Wildman–Crippen MR) is 107 cm³/mol.